The first-order valence-corrected chi connectivity index (χ1v) is 12.0. The number of hydrogen-bond acceptors (Lipinski definition) is 4. The second-order valence-corrected chi connectivity index (χ2v) is 8.83. The van der Waals surface area contributed by atoms with Crippen molar-refractivity contribution in [2.24, 2.45) is 0 Å². The van der Waals surface area contributed by atoms with Crippen molar-refractivity contribution in [1.82, 2.24) is 14.9 Å². The Bertz CT molecular complexity index is 1440. The van der Waals surface area contributed by atoms with Crippen LogP contribution in [0.2, 0.25) is 0 Å². The van der Waals surface area contributed by atoms with Gasteiger partial charge in [-0.3, -0.25) is 19.3 Å². The lowest BCUT2D eigenvalue weighted by Gasteiger charge is -2.18. The monoisotopic (exact) mass is 481 g/mol. The van der Waals surface area contributed by atoms with Gasteiger partial charge in [0.15, 0.2) is 11.5 Å². The average molecular weight is 482 g/mol. The van der Waals surface area contributed by atoms with Crippen LogP contribution in [0.15, 0.2) is 72.8 Å². The molecule has 0 atom stereocenters. The maximum Gasteiger partial charge on any atom is 0.272 e. The number of amides is 3. The van der Waals surface area contributed by atoms with Gasteiger partial charge in [-0.25, -0.2) is 4.98 Å². The zero-order valence-electron chi connectivity index (χ0n) is 20.0. The van der Waals surface area contributed by atoms with Crippen LogP contribution >= 0.6 is 0 Å². The summed E-state index contributed by atoms with van der Waals surface area (Å²) in [4.78, 5) is 45.0. The van der Waals surface area contributed by atoms with Crippen LogP contribution < -0.4 is 15.5 Å². The Morgan fingerprint density at radius 2 is 1.69 bits per heavy atom. The van der Waals surface area contributed by atoms with Crippen molar-refractivity contribution in [3.8, 4) is 0 Å². The molecule has 0 bridgehead atoms. The number of carbonyl (C=O) groups excluding carboxylic acids is 3. The van der Waals surface area contributed by atoms with Crippen LogP contribution in [0.4, 0.5) is 11.5 Å². The summed E-state index contributed by atoms with van der Waals surface area (Å²) in [5, 5.41) is 7.64. The van der Waals surface area contributed by atoms with Gasteiger partial charge in [0.1, 0.15) is 5.82 Å². The predicted octanol–water partition coefficient (Wildman–Crippen LogP) is 4.02. The van der Waals surface area contributed by atoms with Gasteiger partial charge in [-0.15, -0.1) is 0 Å². The fraction of sp³-hybridized carbons (Fsp3) is 0.214. The minimum absolute atomic E-state index is 0.206. The largest absolute Gasteiger partial charge is 0.342 e. The van der Waals surface area contributed by atoms with E-state index in [-0.39, 0.29) is 18.4 Å². The lowest BCUT2D eigenvalue weighted by molar-refractivity contribution is -0.115. The zero-order valence-corrected chi connectivity index (χ0v) is 20.0. The molecule has 5 rings (SSSR count). The number of aromatic nitrogens is 2. The second kappa shape index (κ2) is 10.0. The smallest absolute Gasteiger partial charge is 0.272 e. The van der Waals surface area contributed by atoms with Crippen LogP contribution in [0.5, 0.6) is 0 Å². The van der Waals surface area contributed by atoms with E-state index < -0.39 is 5.91 Å². The number of nitrogens with zero attached hydrogens (tertiary/aromatic N) is 3. The molecule has 2 heterocycles. The maximum atomic E-state index is 13.3. The summed E-state index contributed by atoms with van der Waals surface area (Å²) in [5.74, 6) is 0.0383. The molecule has 1 aliphatic heterocycles. The third-order valence-electron chi connectivity index (χ3n) is 6.36. The molecule has 3 aromatic carbocycles. The van der Waals surface area contributed by atoms with Crippen LogP contribution in [0, 0.1) is 0 Å². The number of hydrogen-bond donors (Lipinski definition) is 2. The van der Waals surface area contributed by atoms with Crippen molar-refractivity contribution >= 4 is 40.0 Å². The minimum atomic E-state index is -0.438. The fourth-order valence-electron chi connectivity index (χ4n) is 4.52. The third kappa shape index (κ3) is 4.70. The van der Waals surface area contributed by atoms with E-state index in [1.54, 1.807) is 31.3 Å². The molecular weight excluding hydrogens is 454 g/mol. The number of carbonyl (C=O) groups is 3. The van der Waals surface area contributed by atoms with Gasteiger partial charge in [-0.1, -0.05) is 48.5 Å². The molecule has 182 valence electrons. The standard InChI is InChI=1S/C28H27N5O3/c1-32(28(36)20-10-3-2-4-11-20)26-25(33-16-8-7-13-23(33)31-26)27(35)29-18-24(34)30-22-15-14-19-9-5-6-12-21(19)17-22/h2-6,9-12,14-15,17H,7-8,13,16,18H2,1H3,(H,29,35)(H,30,34). The fourth-order valence-corrected chi connectivity index (χ4v) is 4.52. The van der Waals surface area contributed by atoms with Crippen molar-refractivity contribution in [1.29, 1.82) is 0 Å². The number of fused-ring (bicyclic) bond motifs is 2. The summed E-state index contributed by atoms with van der Waals surface area (Å²) < 4.78 is 1.87. The van der Waals surface area contributed by atoms with E-state index >= 15 is 0 Å². The lowest BCUT2D eigenvalue weighted by atomic mass is 10.1. The normalized spacial score (nSPS) is 12.6. The summed E-state index contributed by atoms with van der Waals surface area (Å²) in [6.45, 7) is 0.434. The first kappa shape index (κ1) is 23.3. The number of nitrogens with one attached hydrogen (secondary N) is 2. The Morgan fingerprint density at radius 1 is 0.944 bits per heavy atom. The van der Waals surface area contributed by atoms with E-state index in [4.69, 9.17) is 0 Å². The lowest BCUT2D eigenvalue weighted by Crippen LogP contribution is -2.36. The Balaban J connectivity index is 1.32. The Kier molecular flexibility index (Phi) is 6.49. The summed E-state index contributed by atoms with van der Waals surface area (Å²) >= 11 is 0. The van der Waals surface area contributed by atoms with Gasteiger partial charge in [0.2, 0.25) is 5.91 Å². The van der Waals surface area contributed by atoms with Crippen molar-refractivity contribution in [3.05, 3.63) is 89.9 Å². The Hall–Kier alpha value is -4.46. The van der Waals surface area contributed by atoms with E-state index in [1.807, 2.05) is 53.1 Å². The zero-order chi connectivity index (χ0) is 25.1. The van der Waals surface area contributed by atoms with Crippen LogP contribution in [0.3, 0.4) is 0 Å². The van der Waals surface area contributed by atoms with Gasteiger partial charge in [0.25, 0.3) is 11.8 Å². The third-order valence-corrected chi connectivity index (χ3v) is 6.36. The SMILES string of the molecule is CN(C(=O)c1ccccc1)c1nc2n(c1C(=O)NCC(=O)Nc1ccc3ccccc3c1)CCCC2. The van der Waals surface area contributed by atoms with E-state index in [0.717, 1.165) is 35.9 Å². The first-order valence-electron chi connectivity index (χ1n) is 12.0. The number of anilines is 2. The predicted molar refractivity (Wildman–Crippen MR) is 139 cm³/mol. The first-order chi connectivity index (χ1) is 17.5. The highest BCUT2D eigenvalue weighted by Gasteiger charge is 2.29. The molecule has 8 nitrogen and oxygen atoms in total. The molecule has 8 heteroatoms. The van der Waals surface area contributed by atoms with E-state index in [2.05, 4.69) is 15.6 Å². The number of imidazole rings is 1. The molecule has 0 fully saturated rings. The molecule has 0 radical (unpaired) electrons. The molecule has 0 saturated heterocycles. The molecule has 3 amide bonds. The highest BCUT2D eigenvalue weighted by atomic mass is 16.2. The summed E-state index contributed by atoms with van der Waals surface area (Å²) in [6, 6.07) is 22.4. The van der Waals surface area contributed by atoms with Gasteiger partial charge in [0.05, 0.1) is 6.54 Å². The van der Waals surface area contributed by atoms with E-state index in [9.17, 15) is 14.4 Å². The molecule has 1 aliphatic rings. The molecule has 0 spiro atoms. The van der Waals surface area contributed by atoms with Crippen LogP contribution in [-0.2, 0) is 17.8 Å². The quantitative estimate of drug-likeness (QED) is 0.435. The van der Waals surface area contributed by atoms with Crippen molar-refractivity contribution < 1.29 is 14.4 Å². The summed E-state index contributed by atoms with van der Waals surface area (Å²) in [6.07, 6.45) is 2.62. The molecule has 0 aliphatic carbocycles. The summed E-state index contributed by atoms with van der Waals surface area (Å²) in [7, 11) is 1.62. The number of benzene rings is 3. The highest BCUT2D eigenvalue weighted by molar-refractivity contribution is 6.09. The molecule has 36 heavy (non-hydrogen) atoms. The molecule has 0 unspecified atom stereocenters. The number of aryl methyl sites for hydroxylation is 1. The molecule has 1 aromatic heterocycles. The molecule has 0 saturated carbocycles. The second-order valence-electron chi connectivity index (χ2n) is 8.83. The summed E-state index contributed by atoms with van der Waals surface area (Å²) in [5.41, 5.74) is 1.46. The highest BCUT2D eigenvalue weighted by Crippen LogP contribution is 2.27. The van der Waals surface area contributed by atoms with Gasteiger partial charge in [-0.2, -0.15) is 0 Å². The maximum absolute atomic E-state index is 13.3. The Morgan fingerprint density at radius 3 is 2.50 bits per heavy atom. The minimum Gasteiger partial charge on any atom is -0.342 e. The van der Waals surface area contributed by atoms with Gasteiger partial charge >= 0.3 is 0 Å². The van der Waals surface area contributed by atoms with Gasteiger partial charge in [0, 0.05) is 31.3 Å². The molecular formula is C28H27N5O3. The molecule has 4 aromatic rings. The van der Waals surface area contributed by atoms with Crippen molar-refractivity contribution in [2.75, 3.05) is 23.8 Å². The van der Waals surface area contributed by atoms with Gasteiger partial charge in [-0.05, 0) is 47.9 Å². The average Bonchev–Trinajstić information content (AvgIpc) is 3.31. The topological polar surface area (TPSA) is 96.3 Å². The van der Waals surface area contributed by atoms with Crippen LogP contribution in [0.25, 0.3) is 10.8 Å². The van der Waals surface area contributed by atoms with E-state index in [1.165, 1.54) is 4.90 Å². The van der Waals surface area contributed by atoms with E-state index in [0.29, 0.717) is 29.3 Å². The van der Waals surface area contributed by atoms with Crippen LogP contribution in [0.1, 0.15) is 39.5 Å². The van der Waals surface area contributed by atoms with Crippen molar-refractivity contribution in [2.45, 2.75) is 25.8 Å². The number of rotatable bonds is 6. The van der Waals surface area contributed by atoms with Crippen molar-refractivity contribution in [3.63, 3.8) is 0 Å². The van der Waals surface area contributed by atoms with Gasteiger partial charge < -0.3 is 15.2 Å². The Labute approximate surface area is 208 Å². The van der Waals surface area contributed by atoms with Crippen LogP contribution in [-0.4, -0.2) is 40.9 Å². The molecule has 2 N–H and O–H groups in total.